The number of benzene rings is 2. The van der Waals surface area contributed by atoms with E-state index >= 15 is 0 Å². The van der Waals surface area contributed by atoms with Crippen LogP contribution in [0.1, 0.15) is 30.2 Å². The maximum Gasteiger partial charge on any atom is 0.241 e. The van der Waals surface area contributed by atoms with Gasteiger partial charge in [0.05, 0.1) is 38.2 Å². The van der Waals surface area contributed by atoms with Gasteiger partial charge in [-0.1, -0.05) is 67.9 Å². The molecule has 0 radical (unpaired) electrons. The van der Waals surface area contributed by atoms with E-state index in [0.29, 0.717) is 26.3 Å². The fourth-order valence-electron chi connectivity index (χ4n) is 4.17. The highest BCUT2D eigenvalue weighted by molar-refractivity contribution is 7.10. The Hall–Kier alpha value is -3.90. The number of carbonyl (C=O) groups is 3. The molecule has 11 heteroatoms. The van der Waals surface area contributed by atoms with Crippen LogP contribution in [0.3, 0.4) is 0 Å². The van der Waals surface area contributed by atoms with Crippen molar-refractivity contribution < 1.29 is 23.9 Å². The number of rotatable bonds is 11. The zero-order valence-corrected chi connectivity index (χ0v) is 23.5. The number of thiophene rings is 1. The molecule has 0 atom stereocenters. The first kappa shape index (κ1) is 32.3. The van der Waals surface area contributed by atoms with Gasteiger partial charge in [0.15, 0.2) is 5.79 Å². The summed E-state index contributed by atoms with van der Waals surface area (Å²) in [5, 5.41) is 3.58. The van der Waals surface area contributed by atoms with E-state index in [1.165, 1.54) is 6.34 Å². The van der Waals surface area contributed by atoms with Gasteiger partial charge in [-0.3, -0.25) is 14.6 Å². The third kappa shape index (κ3) is 10.0. The van der Waals surface area contributed by atoms with Gasteiger partial charge >= 0.3 is 0 Å². The molecular formula is C29H37N5O5S. The van der Waals surface area contributed by atoms with Crippen LogP contribution >= 0.6 is 11.3 Å². The number of nitrogens with zero attached hydrogens (tertiary/aromatic N) is 2. The molecule has 10 nitrogen and oxygen atoms in total. The summed E-state index contributed by atoms with van der Waals surface area (Å²) in [6.45, 7) is 5.97. The average molecular weight is 568 g/mol. The highest BCUT2D eigenvalue weighted by atomic mass is 32.1. The number of primary amides is 1. The zero-order valence-electron chi connectivity index (χ0n) is 22.7. The molecule has 2 heterocycles. The van der Waals surface area contributed by atoms with Gasteiger partial charge in [0.1, 0.15) is 6.79 Å². The lowest BCUT2D eigenvalue weighted by Gasteiger charge is -2.34. The fourth-order valence-corrected chi connectivity index (χ4v) is 4.91. The summed E-state index contributed by atoms with van der Waals surface area (Å²) in [5.41, 5.74) is 16.9. The van der Waals surface area contributed by atoms with Crippen LogP contribution in [0, 0.1) is 0 Å². The Bertz CT molecular complexity index is 1180. The Morgan fingerprint density at radius 3 is 2.33 bits per heavy atom. The van der Waals surface area contributed by atoms with Crippen molar-refractivity contribution in [1.29, 1.82) is 0 Å². The molecule has 1 aliphatic heterocycles. The molecular weight excluding hydrogens is 530 g/mol. The van der Waals surface area contributed by atoms with Crippen LogP contribution in [0.25, 0.3) is 11.1 Å². The fraction of sp³-hybridized carbons (Fsp3) is 0.310. The van der Waals surface area contributed by atoms with Crippen LogP contribution in [0.15, 0.2) is 71.0 Å². The molecule has 1 saturated heterocycles. The Morgan fingerprint density at radius 1 is 1.10 bits per heavy atom. The summed E-state index contributed by atoms with van der Waals surface area (Å²) < 4.78 is 12.0. The van der Waals surface area contributed by atoms with Gasteiger partial charge in [-0.05, 0) is 22.8 Å². The van der Waals surface area contributed by atoms with E-state index in [0.717, 1.165) is 40.1 Å². The van der Waals surface area contributed by atoms with Gasteiger partial charge in [-0.2, -0.15) is 0 Å². The monoisotopic (exact) mass is 567 g/mol. The molecule has 1 aliphatic rings. The summed E-state index contributed by atoms with van der Waals surface area (Å²) in [6, 6.07) is 20.3. The number of amides is 2. The van der Waals surface area contributed by atoms with Crippen LogP contribution < -0.4 is 16.9 Å². The van der Waals surface area contributed by atoms with E-state index in [2.05, 4.69) is 47.3 Å². The molecule has 40 heavy (non-hydrogen) atoms. The van der Waals surface area contributed by atoms with Gasteiger partial charge in [0.2, 0.25) is 12.3 Å². The number of nitrogens with one attached hydrogen (secondary N) is 1. The molecule has 0 aliphatic carbocycles. The first-order chi connectivity index (χ1) is 19.5. The average Bonchev–Trinajstić information content (AvgIpc) is 3.63. The molecule has 2 aromatic carbocycles. The lowest BCUT2D eigenvalue weighted by molar-refractivity contribution is -0.185. The van der Waals surface area contributed by atoms with Crippen molar-refractivity contribution in [2.24, 2.45) is 16.5 Å². The molecule has 0 spiro atoms. The molecule has 1 fully saturated rings. The molecule has 0 unspecified atom stereocenters. The minimum Gasteiger partial charge on any atom is -0.390 e. The van der Waals surface area contributed by atoms with Gasteiger partial charge in [-0.15, -0.1) is 11.3 Å². The lowest BCUT2D eigenvalue weighted by Crippen LogP contribution is -2.52. The van der Waals surface area contributed by atoms with Crippen LogP contribution in [0.5, 0.6) is 0 Å². The minimum absolute atomic E-state index is 0.0382. The highest BCUT2D eigenvalue weighted by Crippen LogP contribution is 2.27. The maximum atomic E-state index is 13.4. The number of ether oxygens (including phenoxy) is 2. The number of nitrogens with two attached hydrogens (primary N) is 2. The number of aliphatic imine (C=N–C) groups is 1. The van der Waals surface area contributed by atoms with E-state index in [9.17, 15) is 4.79 Å². The van der Waals surface area contributed by atoms with Crippen molar-refractivity contribution in [1.82, 2.24) is 10.4 Å². The lowest BCUT2D eigenvalue weighted by atomic mass is 10.0. The largest absolute Gasteiger partial charge is 0.390 e. The molecule has 5 N–H and O–H groups in total. The summed E-state index contributed by atoms with van der Waals surface area (Å²) in [7, 11) is 0. The summed E-state index contributed by atoms with van der Waals surface area (Å²) >= 11 is 1.57. The van der Waals surface area contributed by atoms with Crippen LogP contribution in [-0.4, -0.2) is 56.0 Å². The second-order valence-electron chi connectivity index (χ2n) is 8.60. The van der Waals surface area contributed by atoms with Crippen LogP contribution in [0.4, 0.5) is 5.69 Å². The van der Waals surface area contributed by atoms with Crippen molar-refractivity contribution in [3.05, 3.63) is 76.5 Å². The molecule has 1 aromatic heterocycles. The quantitative estimate of drug-likeness (QED) is 0.139. The second-order valence-corrected chi connectivity index (χ2v) is 9.59. The number of hydrazine groups is 1. The van der Waals surface area contributed by atoms with Crippen molar-refractivity contribution in [3.8, 4) is 11.1 Å². The topological polar surface area (TPSA) is 149 Å². The normalized spacial score (nSPS) is 13.5. The molecule has 214 valence electrons. The van der Waals surface area contributed by atoms with Crippen LogP contribution in [0.2, 0.25) is 0 Å². The maximum absolute atomic E-state index is 13.4. The van der Waals surface area contributed by atoms with E-state index in [4.69, 9.17) is 24.8 Å². The number of hydrogen-bond donors (Lipinski definition) is 3. The van der Waals surface area contributed by atoms with Crippen molar-refractivity contribution in [3.63, 3.8) is 0 Å². The Morgan fingerprint density at radius 2 is 1.73 bits per heavy atom. The molecule has 0 saturated carbocycles. The first-order valence-electron chi connectivity index (χ1n) is 12.7. The molecule has 4 rings (SSSR count). The third-order valence-corrected chi connectivity index (χ3v) is 6.79. The first-order valence-corrected chi connectivity index (χ1v) is 13.6. The summed E-state index contributed by atoms with van der Waals surface area (Å²) in [4.78, 5) is 35.2. The second kappa shape index (κ2) is 17.6. The van der Waals surface area contributed by atoms with E-state index in [-0.39, 0.29) is 18.7 Å². The predicted octanol–water partition coefficient (Wildman–Crippen LogP) is 3.57. The van der Waals surface area contributed by atoms with Gasteiger partial charge in [-0.25, -0.2) is 10.4 Å². The predicted molar refractivity (Wildman–Crippen MR) is 158 cm³/mol. The SMILES string of the molecule is C=O.CCCC1(CN(NCc2cc(N=CN)cs2)C(=O)Cc2ccc(-c3ccccc3)cc2)OCCO1.NC=O. The summed E-state index contributed by atoms with van der Waals surface area (Å²) in [5.74, 6) is -0.817. The standard InChI is InChI=1S/C27H32N4O3S.CH3NO.CH2O/c1-2-12-27(33-13-14-34-27)19-31(30-17-25-16-24(18-35-25)29-20-28)26(32)15-21-8-10-23(11-9-21)22-6-4-3-5-7-22;2-1-3;1-2/h3-11,16,18,20,30H,2,12-15,17,19H2,1H3,(H2,28,29);1H,(H2,2,3);1H2. The van der Waals surface area contributed by atoms with Gasteiger partial charge in [0.25, 0.3) is 0 Å². The smallest absolute Gasteiger partial charge is 0.241 e. The van der Waals surface area contributed by atoms with E-state index < -0.39 is 5.79 Å². The van der Waals surface area contributed by atoms with Gasteiger partial charge < -0.3 is 25.7 Å². The van der Waals surface area contributed by atoms with Crippen molar-refractivity contribution >= 4 is 42.5 Å². The number of carbonyl (C=O) groups excluding carboxylic acids is 3. The third-order valence-electron chi connectivity index (χ3n) is 5.87. The van der Waals surface area contributed by atoms with Gasteiger partial charge in [0, 0.05) is 23.2 Å². The molecule has 0 bridgehead atoms. The Balaban J connectivity index is 0.00000105. The molecule has 3 aromatic rings. The Kier molecular flexibility index (Phi) is 14.3. The Labute approximate surface area is 239 Å². The van der Waals surface area contributed by atoms with Crippen molar-refractivity contribution in [2.45, 2.75) is 38.5 Å². The summed E-state index contributed by atoms with van der Waals surface area (Å²) in [6.07, 6.45) is 3.42. The minimum atomic E-state index is -0.779. The van der Waals surface area contributed by atoms with Crippen LogP contribution in [-0.2, 0) is 36.8 Å². The molecule has 2 amide bonds. The van der Waals surface area contributed by atoms with Crippen molar-refractivity contribution in [2.75, 3.05) is 19.8 Å². The van der Waals surface area contributed by atoms with E-state index in [1.807, 2.05) is 48.6 Å². The highest BCUT2D eigenvalue weighted by Gasteiger charge is 2.39. The zero-order chi connectivity index (χ0) is 29.2. The number of hydrogen-bond acceptors (Lipinski definition) is 8. The van der Waals surface area contributed by atoms with E-state index in [1.54, 1.807) is 16.3 Å².